The maximum Gasteiger partial charge on any atom is 0.270 e. The highest BCUT2D eigenvalue weighted by Gasteiger charge is 2.25. The van der Waals surface area contributed by atoms with Crippen LogP contribution in [0, 0.1) is 10.1 Å². The smallest absolute Gasteiger partial charge is 0.270 e. The first kappa shape index (κ1) is 20.1. The molecular formula is C20H22ClN3O4. The zero-order valence-corrected chi connectivity index (χ0v) is 16.3. The molecule has 0 aliphatic carbocycles. The summed E-state index contributed by atoms with van der Waals surface area (Å²) < 4.78 is 5.22. The Balaban J connectivity index is 1.74. The number of nitro groups is 1. The van der Waals surface area contributed by atoms with Crippen molar-refractivity contribution in [1.29, 1.82) is 0 Å². The molecule has 3 rings (SSSR count). The Kier molecular flexibility index (Phi) is 6.49. The number of ether oxygens (including phenoxy) is 1. The van der Waals surface area contributed by atoms with Gasteiger partial charge in [0.05, 0.1) is 28.7 Å². The normalized spacial score (nSPS) is 15.2. The van der Waals surface area contributed by atoms with Gasteiger partial charge in [0.1, 0.15) is 5.75 Å². The number of hydrogen-bond acceptors (Lipinski definition) is 5. The number of non-ortho nitro benzene ring substituents is 1. The number of carbonyl (C=O) groups is 1. The zero-order valence-electron chi connectivity index (χ0n) is 15.6. The Hall–Kier alpha value is -2.64. The van der Waals surface area contributed by atoms with Crippen LogP contribution in [0.1, 0.15) is 34.8 Å². The molecule has 0 spiro atoms. The lowest BCUT2D eigenvalue weighted by Gasteiger charge is -2.28. The maximum atomic E-state index is 12.6. The van der Waals surface area contributed by atoms with E-state index in [2.05, 4.69) is 10.2 Å². The highest BCUT2D eigenvalue weighted by molar-refractivity contribution is 6.34. The van der Waals surface area contributed by atoms with Crippen LogP contribution in [-0.2, 0) is 0 Å². The predicted octanol–water partition coefficient (Wildman–Crippen LogP) is 3.82. The van der Waals surface area contributed by atoms with Crippen molar-refractivity contribution in [3.63, 3.8) is 0 Å². The molecule has 0 bridgehead atoms. The van der Waals surface area contributed by atoms with E-state index >= 15 is 0 Å². The summed E-state index contributed by atoms with van der Waals surface area (Å²) in [7, 11) is 1.63. The second-order valence-corrected chi connectivity index (χ2v) is 7.07. The Morgan fingerprint density at radius 1 is 1.25 bits per heavy atom. The number of nitrogens with zero attached hydrogens (tertiary/aromatic N) is 2. The lowest BCUT2D eigenvalue weighted by molar-refractivity contribution is -0.384. The molecule has 28 heavy (non-hydrogen) atoms. The van der Waals surface area contributed by atoms with Crippen LogP contribution in [0.5, 0.6) is 5.75 Å². The standard InChI is InChI=1S/C20H22ClN3O4/c1-28-16-7-4-14(5-8-16)19(23-10-2-3-11-23)13-22-20(25)17-9-6-15(24(26)27)12-18(17)21/h4-9,12,19H,2-3,10-11,13H2,1H3,(H,22,25). The molecule has 1 aliphatic heterocycles. The van der Waals surface area contributed by atoms with Crippen LogP contribution in [0.3, 0.4) is 0 Å². The summed E-state index contributed by atoms with van der Waals surface area (Å²) in [5, 5.41) is 13.8. The average Bonchev–Trinajstić information content (AvgIpc) is 3.22. The minimum Gasteiger partial charge on any atom is -0.497 e. The summed E-state index contributed by atoms with van der Waals surface area (Å²) in [5.41, 5.74) is 1.18. The predicted molar refractivity (Wildman–Crippen MR) is 107 cm³/mol. The zero-order chi connectivity index (χ0) is 20.1. The SMILES string of the molecule is COc1ccc(C(CNC(=O)c2ccc([N+](=O)[O-])cc2Cl)N2CCCC2)cc1. The molecule has 2 aromatic carbocycles. The fourth-order valence-corrected chi connectivity index (χ4v) is 3.68. The number of amides is 1. The molecule has 1 amide bonds. The van der Waals surface area contributed by atoms with Gasteiger partial charge in [-0.05, 0) is 49.7 Å². The number of carbonyl (C=O) groups excluding carboxylic acids is 1. The maximum absolute atomic E-state index is 12.6. The van der Waals surface area contributed by atoms with E-state index in [1.165, 1.54) is 18.2 Å². The van der Waals surface area contributed by atoms with Gasteiger partial charge >= 0.3 is 0 Å². The minimum atomic E-state index is -0.541. The van der Waals surface area contributed by atoms with E-state index in [9.17, 15) is 14.9 Å². The van der Waals surface area contributed by atoms with Gasteiger partial charge in [0.2, 0.25) is 0 Å². The molecule has 1 unspecified atom stereocenters. The van der Waals surface area contributed by atoms with E-state index in [0.717, 1.165) is 37.2 Å². The summed E-state index contributed by atoms with van der Waals surface area (Å²) in [4.78, 5) is 25.2. The molecule has 1 aliphatic rings. The van der Waals surface area contributed by atoms with E-state index in [0.29, 0.717) is 6.54 Å². The summed E-state index contributed by atoms with van der Waals surface area (Å²) in [6.07, 6.45) is 2.27. The molecule has 7 nitrogen and oxygen atoms in total. The summed E-state index contributed by atoms with van der Waals surface area (Å²) in [6.45, 7) is 2.37. The van der Waals surface area contributed by atoms with E-state index in [4.69, 9.17) is 16.3 Å². The van der Waals surface area contributed by atoms with Gasteiger partial charge in [0, 0.05) is 18.7 Å². The summed E-state index contributed by atoms with van der Waals surface area (Å²) in [6, 6.07) is 11.7. The molecule has 8 heteroatoms. The van der Waals surface area contributed by atoms with Crippen LogP contribution < -0.4 is 10.1 Å². The number of benzene rings is 2. The number of likely N-dealkylation sites (tertiary alicyclic amines) is 1. The molecule has 1 fully saturated rings. The molecule has 1 atom stereocenters. The second kappa shape index (κ2) is 9.03. The van der Waals surface area contributed by atoms with Crippen LogP contribution in [0.25, 0.3) is 0 Å². The Morgan fingerprint density at radius 2 is 1.93 bits per heavy atom. The third kappa shape index (κ3) is 4.61. The molecule has 0 radical (unpaired) electrons. The molecule has 148 valence electrons. The first-order valence-corrected chi connectivity index (χ1v) is 9.47. The number of methoxy groups -OCH3 is 1. The van der Waals surface area contributed by atoms with Crippen molar-refractivity contribution in [1.82, 2.24) is 10.2 Å². The molecule has 1 saturated heterocycles. The average molecular weight is 404 g/mol. The quantitative estimate of drug-likeness (QED) is 0.561. The topological polar surface area (TPSA) is 84.7 Å². The van der Waals surface area contributed by atoms with Crippen LogP contribution in [0.15, 0.2) is 42.5 Å². The van der Waals surface area contributed by atoms with Gasteiger partial charge < -0.3 is 10.1 Å². The molecule has 2 aromatic rings. The lowest BCUT2D eigenvalue weighted by atomic mass is 10.0. The van der Waals surface area contributed by atoms with Gasteiger partial charge in [-0.2, -0.15) is 0 Å². The molecule has 1 N–H and O–H groups in total. The first-order chi connectivity index (χ1) is 13.5. The van der Waals surface area contributed by atoms with Crippen molar-refractivity contribution in [3.8, 4) is 5.75 Å². The fourth-order valence-electron chi connectivity index (χ4n) is 3.42. The number of halogens is 1. The van der Waals surface area contributed by atoms with Crippen LogP contribution in [0.4, 0.5) is 5.69 Å². The highest BCUT2D eigenvalue weighted by Crippen LogP contribution is 2.27. The van der Waals surface area contributed by atoms with Gasteiger partial charge in [-0.15, -0.1) is 0 Å². The number of nitrogens with one attached hydrogen (secondary N) is 1. The van der Waals surface area contributed by atoms with Crippen molar-refractivity contribution in [2.24, 2.45) is 0 Å². The summed E-state index contributed by atoms with van der Waals surface area (Å²) in [5.74, 6) is 0.434. The third-order valence-corrected chi connectivity index (χ3v) is 5.26. The van der Waals surface area contributed by atoms with Crippen molar-refractivity contribution in [3.05, 3.63) is 68.7 Å². The van der Waals surface area contributed by atoms with Crippen LogP contribution in [-0.4, -0.2) is 42.5 Å². The lowest BCUT2D eigenvalue weighted by Crippen LogP contribution is -2.36. The van der Waals surface area contributed by atoms with Gasteiger partial charge in [0.15, 0.2) is 0 Å². The number of rotatable bonds is 7. The van der Waals surface area contributed by atoms with Crippen LogP contribution >= 0.6 is 11.6 Å². The van der Waals surface area contributed by atoms with E-state index in [1.54, 1.807) is 7.11 Å². The van der Waals surface area contributed by atoms with Gasteiger partial charge in [-0.3, -0.25) is 19.8 Å². The largest absolute Gasteiger partial charge is 0.497 e. The van der Waals surface area contributed by atoms with E-state index in [1.807, 2.05) is 24.3 Å². The van der Waals surface area contributed by atoms with Gasteiger partial charge in [-0.1, -0.05) is 23.7 Å². The number of nitro benzene ring substituents is 1. The molecular weight excluding hydrogens is 382 g/mol. The third-order valence-electron chi connectivity index (χ3n) is 4.95. The number of hydrogen-bond donors (Lipinski definition) is 1. The summed E-state index contributed by atoms with van der Waals surface area (Å²) >= 11 is 6.07. The fraction of sp³-hybridized carbons (Fsp3) is 0.350. The Bertz CT molecular complexity index is 851. The highest BCUT2D eigenvalue weighted by atomic mass is 35.5. The van der Waals surface area contributed by atoms with Gasteiger partial charge in [0.25, 0.3) is 11.6 Å². The van der Waals surface area contributed by atoms with Crippen molar-refractivity contribution >= 4 is 23.2 Å². The monoisotopic (exact) mass is 403 g/mol. The van der Waals surface area contributed by atoms with E-state index < -0.39 is 4.92 Å². The van der Waals surface area contributed by atoms with Crippen LogP contribution in [0.2, 0.25) is 5.02 Å². The molecule has 0 aromatic heterocycles. The first-order valence-electron chi connectivity index (χ1n) is 9.09. The van der Waals surface area contributed by atoms with Crippen molar-refractivity contribution in [2.75, 3.05) is 26.7 Å². The Labute approximate surface area is 168 Å². The minimum absolute atomic E-state index is 0.0363. The van der Waals surface area contributed by atoms with E-state index in [-0.39, 0.29) is 28.2 Å². The van der Waals surface area contributed by atoms with Crippen molar-refractivity contribution < 1.29 is 14.5 Å². The van der Waals surface area contributed by atoms with Gasteiger partial charge in [-0.25, -0.2) is 0 Å². The Morgan fingerprint density at radius 3 is 2.50 bits per heavy atom. The second-order valence-electron chi connectivity index (χ2n) is 6.66. The molecule has 1 heterocycles. The molecule has 0 saturated carbocycles. The van der Waals surface area contributed by atoms with Crippen molar-refractivity contribution in [2.45, 2.75) is 18.9 Å².